The second kappa shape index (κ2) is 5.28. The number of carbonyl (C=O) groups excluding carboxylic acids is 1. The van der Waals surface area contributed by atoms with Crippen molar-refractivity contribution in [1.82, 2.24) is 19.5 Å². The summed E-state index contributed by atoms with van der Waals surface area (Å²) in [4.78, 5) is 18.9. The van der Waals surface area contributed by atoms with Crippen LogP contribution in [0.1, 0.15) is 36.2 Å². The van der Waals surface area contributed by atoms with Gasteiger partial charge in [-0.25, -0.2) is 9.50 Å². The number of amides is 1. The molecule has 4 rings (SSSR count). The predicted molar refractivity (Wildman–Crippen MR) is 82.0 cm³/mol. The van der Waals surface area contributed by atoms with Crippen molar-refractivity contribution in [3.63, 3.8) is 0 Å². The van der Waals surface area contributed by atoms with E-state index in [2.05, 4.69) is 10.1 Å². The molecule has 2 unspecified atom stereocenters. The van der Waals surface area contributed by atoms with E-state index in [0.29, 0.717) is 24.3 Å². The van der Waals surface area contributed by atoms with Crippen molar-refractivity contribution in [3.8, 4) is 0 Å². The average molecular weight is 316 g/mol. The molecule has 2 aromatic rings. The number of likely N-dealkylation sites (tertiary alicyclic amines) is 1. The summed E-state index contributed by atoms with van der Waals surface area (Å²) in [5.41, 5.74) is 0.708. The topological polar surface area (TPSA) is 80.0 Å². The maximum atomic E-state index is 12.9. The van der Waals surface area contributed by atoms with Crippen LogP contribution in [0.15, 0.2) is 24.5 Å². The van der Waals surface area contributed by atoms with Gasteiger partial charge in [-0.15, -0.1) is 0 Å². The van der Waals surface area contributed by atoms with Crippen LogP contribution in [0.5, 0.6) is 0 Å². The zero-order valence-corrected chi connectivity index (χ0v) is 13.1. The highest BCUT2D eigenvalue weighted by atomic mass is 16.5. The molecule has 0 aromatic carbocycles. The third-order valence-electron chi connectivity index (χ3n) is 5.28. The second-order valence-electron chi connectivity index (χ2n) is 6.41. The predicted octanol–water partition coefficient (Wildman–Crippen LogP) is 0.874. The van der Waals surface area contributed by atoms with Crippen molar-refractivity contribution in [2.24, 2.45) is 0 Å². The minimum absolute atomic E-state index is 0.0958. The minimum atomic E-state index is -0.376. The summed E-state index contributed by atoms with van der Waals surface area (Å²) in [5, 5.41) is 14.3. The van der Waals surface area contributed by atoms with Gasteiger partial charge in [0.25, 0.3) is 5.91 Å². The van der Waals surface area contributed by atoms with E-state index in [1.54, 1.807) is 36.2 Å². The second-order valence-corrected chi connectivity index (χ2v) is 6.41. The molecule has 1 N–H and O–H groups in total. The first kappa shape index (κ1) is 14.6. The quantitative estimate of drug-likeness (QED) is 0.889. The first-order chi connectivity index (χ1) is 11.1. The zero-order chi connectivity index (χ0) is 16.0. The zero-order valence-electron chi connectivity index (χ0n) is 13.1. The molecule has 7 heteroatoms. The molecule has 3 atom stereocenters. The minimum Gasteiger partial charge on any atom is -0.393 e. The third-order valence-corrected chi connectivity index (χ3v) is 5.28. The SMILES string of the molecule is CO[C@@]12CCC(O)CC1N(C(=O)c1cc3ncccn3n1)CC2. The maximum Gasteiger partial charge on any atom is 0.274 e. The van der Waals surface area contributed by atoms with Crippen LogP contribution in [-0.2, 0) is 4.74 Å². The molecule has 7 nitrogen and oxygen atoms in total. The highest BCUT2D eigenvalue weighted by Crippen LogP contribution is 2.42. The Morgan fingerprint density at radius 2 is 2.35 bits per heavy atom. The van der Waals surface area contributed by atoms with Gasteiger partial charge in [-0.2, -0.15) is 5.10 Å². The van der Waals surface area contributed by atoms with E-state index in [1.165, 1.54) is 0 Å². The summed E-state index contributed by atoms with van der Waals surface area (Å²) in [5.74, 6) is -0.117. The standard InChI is InChI=1S/C16H20N4O3/c1-23-16-4-3-11(21)9-13(16)19(8-5-16)15(22)12-10-14-17-6-2-7-20(14)18-12/h2,6-7,10-11,13,21H,3-5,8-9H2,1H3/t11?,13?,16-/m1/s1. The van der Waals surface area contributed by atoms with Crippen molar-refractivity contribution < 1.29 is 14.6 Å². The van der Waals surface area contributed by atoms with Crippen LogP contribution in [-0.4, -0.2) is 61.9 Å². The Kier molecular flexibility index (Phi) is 3.35. The van der Waals surface area contributed by atoms with Crippen LogP contribution >= 0.6 is 0 Å². The van der Waals surface area contributed by atoms with Crippen LogP contribution < -0.4 is 0 Å². The number of methoxy groups -OCH3 is 1. The van der Waals surface area contributed by atoms with E-state index in [9.17, 15) is 9.90 Å². The van der Waals surface area contributed by atoms with Gasteiger partial charge in [0, 0.05) is 32.1 Å². The summed E-state index contributed by atoms with van der Waals surface area (Å²) in [6.45, 7) is 0.630. The largest absolute Gasteiger partial charge is 0.393 e. The number of ether oxygens (including phenoxy) is 1. The molecular weight excluding hydrogens is 296 g/mol. The number of aliphatic hydroxyl groups excluding tert-OH is 1. The van der Waals surface area contributed by atoms with Crippen molar-refractivity contribution in [2.45, 2.75) is 43.4 Å². The third kappa shape index (κ3) is 2.22. The molecule has 0 spiro atoms. The van der Waals surface area contributed by atoms with Gasteiger partial charge >= 0.3 is 0 Å². The molecule has 3 heterocycles. The molecule has 2 aliphatic rings. The molecule has 0 bridgehead atoms. The monoisotopic (exact) mass is 316 g/mol. The summed E-state index contributed by atoms with van der Waals surface area (Å²) in [7, 11) is 1.70. The number of aliphatic hydroxyl groups is 1. The van der Waals surface area contributed by atoms with Gasteiger partial charge < -0.3 is 14.7 Å². The molecule has 1 saturated carbocycles. The fourth-order valence-corrected chi connectivity index (χ4v) is 4.00. The lowest BCUT2D eigenvalue weighted by Crippen LogP contribution is -2.52. The first-order valence-electron chi connectivity index (χ1n) is 7.97. The number of hydrogen-bond donors (Lipinski definition) is 1. The fourth-order valence-electron chi connectivity index (χ4n) is 4.00. The average Bonchev–Trinajstić information content (AvgIpc) is 3.16. The Morgan fingerprint density at radius 1 is 1.48 bits per heavy atom. The molecule has 122 valence electrons. The van der Waals surface area contributed by atoms with Gasteiger partial charge in [0.05, 0.1) is 17.7 Å². The fraction of sp³-hybridized carbons (Fsp3) is 0.562. The summed E-state index contributed by atoms with van der Waals surface area (Å²) >= 11 is 0. The molecule has 1 aliphatic heterocycles. The highest BCUT2D eigenvalue weighted by Gasteiger charge is 2.52. The Bertz CT molecular complexity index is 713. The van der Waals surface area contributed by atoms with Crippen molar-refractivity contribution in [3.05, 3.63) is 30.2 Å². The molecule has 1 saturated heterocycles. The Morgan fingerprint density at radius 3 is 3.13 bits per heavy atom. The summed E-state index contributed by atoms with van der Waals surface area (Å²) in [6.07, 6.45) is 5.95. The Labute approximate surface area is 133 Å². The van der Waals surface area contributed by atoms with Crippen LogP contribution in [0.2, 0.25) is 0 Å². The number of carbonyl (C=O) groups is 1. The highest BCUT2D eigenvalue weighted by molar-refractivity contribution is 5.94. The molecule has 2 aromatic heterocycles. The number of fused-ring (bicyclic) bond motifs is 2. The van der Waals surface area contributed by atoms with Gasteiger partial charge in [0.15, 0.2) is 11.3 Å². The number of rotatable bonds is 2. The lowest BCUT2D eigenvalue weighted by molar-refractivity contribution is -0.0824. The number of nitrogens with zero attached hydrogens (tertiary/aromatic N) is 4. The van der Waals surface area contributed by atoms with Gasteiger partial charge in [0.2, 0.25) is 0 Å². The van der Waals surface area contributed by atoms with E-state index >= 15 is 0 Å². The first-order valence-corrected chi connectivity index (χ1v) is 7.97. The molecule has 2 fully saturated rings. The molecule has 1 aliphatic carbocycles. The summed E-state index contributed by atoms with van der Waals surface area (Å²) < 4.78 is 7.38. The lowest BCUT2D eigenvalue weighted by atomic mass is 9.79. The van der Waals surface area contributed by atoms with Crippen LogP contribution in [0.4, 0.5) is 0 Å². The van der Waals surface area contributed by atoms with Crippen LogP contribution in [0, 0.1) is 0 Å². The van der Waals surface area contributed by atoms with Gasteiger partial charge in [-0.3, -0.25) is 4.79 Å². The van der Waals surface area contributed by atoms with Gasteiger partial charge in [0.1, 0.15) is 0 Å². The van der Waals surface area contributed by atoms with Gasteiger partial charge in [-0.05, 0) is 31.7 Å². The molecule has 23 heavy (non-hydrogen) atoms. The molecular formula is C16H20N4O3. The molecule has 0 radical (unpaired) electrons. The smallest absolute Gasteiger partial charge is 0.274 e. The molecule has 1 amide bonds. The normalized spacial score (nSPS) is 30.6. The van der Waals surface area contributed by atoms with E-state index in [1.807, 2.05) is 4.90 Å². The maximum absolute atomic E-state index is 12.9. The van der Waals surface area contributed by atoms with Crippen molar-refractivity contribution >= 4 is 11.6 Å². The number of aromatic nitrogens is 3. The van der Waals surface area contributed by atoms with E-state index in [4.69, 9.17) is 4.74 Å². The number of hydrogen-bond acceptors (Lipinski definition) is 5. The van der Waals surface area contributed by atoms with Crippen LogP contribution in [0.3, 0.4) is 0 Å². The van der Waals surface area contributed by atoms with E-state index in [0.717, 1.165) is 19.3 Å². The Balaban J connectivity index is 1.65. The Hall–Kier alpha value is -1.99. The summed E-state index contributed by atoms with van der Waals surface area (Å²) in [6, 6.07) is 3.38. The lowest BCUT2D eigenvalue weighted by Gasteiger charge is -2.42. The van der Waals surface area contributed by atoms with E-state index in [-0.39, 0.29) is 23.7 Å². The van der Waals surface area contributed by atoms with E-state index < -0.39 is 0 Å². The van der Waals surface area contributed by atoms with Crippen LogP contribution in [0.25, 0.3) is 5.65 Å². The van der Waals surface area contributed by atoms with Crippen molar-refractivity contribution in [1.29, 1.82) is 0 Å². The van der Waals surface area contributed by atoms with Crippen molar-refractivity contribution in [2.75, 3.05) is 13.7 Å². The van der Waals surface area contributed by atoms with Gasteiger partial charge in [-0.1, -0.05) is 0 Å².